The van der Waals surface area contributed by atoms with Crippen LogP contribution in [0.15, 0.2) is 18.2 Å². The predicted octanol–water partition coefficient (Wildman–Crippen LogP) is -0.117. The molecule has 1 rings (SSSR count). The molecule has 0 fully saturated rings. The van der Waals surface area contributed by atoms with Crippen molar-refractivity contribution >= 4 is 17.5 Å². The van der Waals surface area contributed by atoms with Gasteiger partial charge in [-0.15, -0.1) is 0 Å². The Morgan fingerprint density at radius 3 is 2.65 bits per heavy atom. The number of methoxy groups -OCH3 is 1. The predicted molar refractivity (Wildman–Crippen MR) is 63.6 cm³/mol. The Morgan fingerprint density at radius 1 is 1.41 bits per heavy atom. The van der Waals surface area contributed by atoms with Crippen molar-refractivity contribution in [3.63, 3.8) is 0 Å². The zero-order chi connectivity index (χ0) is 12.8. The van der Waals surface area contributed by atoms with Gasteiger partial charge in [0.1, 0.15) is 5.75 Å². The van der Waals surface area contributed by atoms with Crippen LogP contribution in [-0.4, -0.2) is 25.5 Å². The molecule has 2 amide bonds. The van der Waals surface area contributed by atoms with Gasteiger partial charge in [-0.3, -0.25) is 9.59 Å². The Kier molecular flexibility index (Phi) is 4.33. The largest absolute Gasteiger partial charge is 0.497 e. The highest BCUT2D eigenvalue weighted by Gasteiger charge is 2.10. The van der Waals surface area contributed by atoms with Crippen molar-refractivity contribution in [3.05, 3.63) is 23.8 Å². The van der Waals surface area contributed by atoms with Gasteiger partial charge in [-0.1, -0.05) is 0 Å². The maximum absolute atomic E-state index is 11.7. The van der Waals surface area contributed by atoms with Crippen LogP contribution in [0.1, 0.15) is 16.8 Å². The lowest BCUT2D eigenvalue weighted by Gasteiger charge is -2.08. The van der Waals surface area contributed by atoms with Crippen LogP contribution in [0.3, 0.4) is 0 Å². The maximum Gasteiger partial charge on any atom is 0.253 e. The molecule has 1 aromatic rings. The van der Waals surface area contributed by atoms with E-state index in [1.807, 2.05) is 0 Å². The van der Waals surface area contributed by atoms with Crippen LogP contribution < -0.4 is 21.5 Å². The quantitative estimate of drug-likeness (QED) is 0.620. The second kappa shape index (κ2) is 5.74. The van der Waals surface area contributed by atoms with E-state index in [2.05, 4.69) is 5.32 Å². The Hall–Kier alpha value is -2.24. The van der Waals surface area contributed by atoms with Crippen LogP contribution in [0, 0.1) is 0 Å². The van der Waals surface area contributed by atoms with Gasteiger partial charge in [0.25, 0.3) is 5.91 Å². The van der Waals surface area contributed by atoms with Gasteiger partial charge in [-0.25, -0.2) is 0 Å². The van der Waals surface area contributed by atoms with Gasteiger partial charge in [-0.05, 0) is 12.1 Å². The van der Waals surface area contributed by atoms with Crippen molar-refractivity contribution in [2.45, 2.75) is 6.42 Å². The molecule has 0 radical (unpaired) electrons. The molecule has 6 heteroatoms. The van der Waals surface area contributed by atoms with Gasteiger partial charge < -0.3 is 21.5 Å². The molecule has 0 saturated carbocycles. The van der Waals surface area contributed by atoms with Crippen molar-refractivity contribution in [2.75, 3.05) is 19.4 Å². The Labute approximate surface area is 98.9 Å². The number of hydrogen-bond donors (Lipinski definition) is 3. The van der Waals surface area contributed by atoms with Crippen LogP contribution in [0.4, 0.5) is 5.69 Å². The van der Waals surface area contributed by atoms with E-state index in [9.17, 15) is 9.59 Å². The van der Waals surface area contributed by atoms with E-state index in [0.29, 0.717) is 17.0 Å². The summed E-state index contributed by atoms with van der Waals surface area (Å²) < 4.78 is 4.97. The molecule has 0 saturated heterocycles. The van der Waals surface area contributed by atoms with Crippen molar-refractivity contribution in [2.24, 2.45) is 5.73 Å². The third kappa shape index (κ3) is 3.67. The van der Waals surface area contributed by atoms with Crippen LogP contribution in [0.25, 0.3) is 0 Å². The van der Waals surface area contributed by atoms with Gasteiger partial charge in [0.15, 0.2) is 0 Å². The standard InChI is InChI=1S/C11H15N3O3/c1-17-7-2-3-8(9(12)6-7)11(16)14-5-4-10(13)15/h2-3,6H,4-5,12H2,1H3,(H2,13,15)(H,14,16). The molecule has 0 unspecified atom stereocenters. The highest BCUT2D eigenvalue weighted by molar-refractivity contribution is 5.99. The van der Waals surface area contributed by atoms with Gasteiger partial charge in [0.2, 0.25) is 5.91 Å². The van der Waals surface area contributed by atoms with Crippen LogP contribution in [0.2, 0.25) is 0 Å². The molecule has 92 valence electrons. The number of ether oxygens (including phenoxy) is 1. The molecule has 0 atom stereocenters. The molecule has 5 N–H and O–H groups in total. The Balaban J connectivity index is 2.66. The summed E-state index contributed by atoms with van der Waals surface area (Å²) >= 11 is 0. The molecular formula is C11H15N3O3. The number of nitrogens with one attached hydrogen (secondary N) is 1. The average Bonchev–Trinajstić information content (AvgIpc) is 2.28. The smallest absolute Gasteiger partial charge is 0.253 e. The van der Waals surface area contributed by atoms with Crippen molar-refractivity contribution < 1.29 is 14.3 Å². The second-order valence-corrected chi connectivity index (χ2v) is 3.43. The number of rotatable bonds is 5. The SMILES string of the molecule is COc1ccc(C(=O)NCCC(N)=O)c(N)c1. The topological polar surface area (TPSA) is 107 Å². The first-order valence-corrected chi connectivity index (χ1v) is 5.04. The normalized spacial score (nSPS) is 9.71. The van der Waals surface area contributed by atoms with Gasteiger partial charge in [0, 0.05) is 24.7 Å². The van der Waals surface area contributed by atoms with E-state index < -0.39 is 5.91 Å². The summed E-state index contributed by atoms with van der Waals surface area (Å²) in [6.45, 7) is 0.194. The summed E-state index contributed by atoms with van der Waals surface area (Å²) in [5.74, 6) is -0.226. The lowest BCUT2D eigenvalue weighted by molar-refractivity contribution is -0.117. The van der Waals surface area contributed by atoms with Crippen LogP contribution >= 0.6 is 0 Å². The zero-order valence-corrected chi connectivity index (χ0v) is 9.53. The summed E-state index contributed by atoms with van der Waals surface area (Å²) in [5, 5.41) is 2.55. The third-order valence-electron chi connectivity index (χ3n) is 2.16. The minimum atomic E-state index is -0.465. The zero-order valence-electron chi connectivity index (χ0n) is 9.53. The first-order chi connectivity index (χ1) is 8.04. The van der Waals surface area contributed by atoms with Gasteiger partial charge in [-0.2, -0.15) is 0 Å². The molecule has 0 aliphatic rings. The van der Waals surface area contributed by atoms with E-state index in [0.717, 1.165) is 0 Å². The van der Waals surface area contributed by atoms with E-state index in [1.165, 1.54) is 7.11 Å². The summed E-state index contributed by atoms with van der Waals surface area (Å²) in [4.78, 5) is 22.2. The van der Waals surface area contributed by atoms with Gasteiger partial charge >= 0.3 is 0 Å². The van der Waals surface area contributed by atoms with Crippen molar-refractivity contribution in [1.29, 1.82) is 0 Å². The van der Waals surface area contributed by atoms with E-state index in [4.69, 9.17) is 16.2 Å². The highest BCUT2D eigenvalue weighted by atomic mass is 16.5. The van der Waals surface area contributed by atoms with Crippen molar-refractivity contribution in [3.8, 4) is 5.75 Å². The molecule has 0 bridgehead atoms. The van der Waals surface area contributed by atoms with Crippen LogP contribution in [0.5, 0.6) is 5.75 Å². The molecule has 17 heavy (non-hydrogen) atoms. The summed E-state index contributed by atoms with van der Waals surface area (Å²) in [5.41, 5.74) is 11.3. The number of anilines is 1. The number of hydrogen-bond acceptors (Lipinski definition) is 4. The van der Waals surface area contributed by atoms with E-state index in [-0.39, 0.29) is 18.9 Å². The Bertz CT molecular complexity index is 432. The molecule has 0 spiro atoms. The van der Waals surface area contributed by atoms with E-state index in [1.54, 1.807) is 18.2 Å². The first-order valence-electron chi connectivity index (χ1n) is 5.04. The van der Waals surface area contributed by atoms with Gasteiger partial charge in [0.05, 0.1) is 12.7 Å². The number of nitrogen functional groups attached to an aromatic ring is 1. The molecule has 0 aliphatic heterocycles. The highest BCUT2D eigenvalue weighted by Crippen LogP contribution is 2.19. The minimum absolute atomic E-state index is 0.0990. The number of carbonyl (C=O) groups excluding carboxylic acids is 2. The van der Waals surface area contributed by atoms with E-state index >= 15 is 0 Å². The fourth-order valence-corrected chi connectivity index (χ4v) is 1.27. The lowest BCUT2D eigenvalue weighted by atomic mass is 10.1. The van der Waals surface area contributed by atoms with Crippen molar-refractivity contribution in [1.82, 2.24) is 5.32 Å². The average molecular weight is 237 g/mol. The molecule has 0 aromatic heterocycles. The summed E-state index contributed by atoms with van der Waals surface area (Å²) in [7, 11) is 1.52. The molecule has 1 aromatic carbocycles. The minimum Gasteiger partial charge on any atom is -0.497 e. The first kappa shape index (κ1) is 12.8. The summed E-state index contributed by atoms with van der Waals surface area (Å²) in [6, 6.07) is 4.76. The number of carbonyl (C=O) groups is 2. The number of amides is 2. The van der Waals surface area contributed by atoms with Crippen LogP contribution in [-0.2, 0) is 4.79 Å². The fraction of sp³-hybridized carbons (Fsp3) is 0.273. The second-order valence-electron chi connectivity index (χ2n) is 3.43. The fourth-order valence-electron chi connectivity index (χ4n) is 1.27. The molecule has 0 heterocycles. The molecule has 6 nitrogen and oxygen atoms in total. The Morgan fingerprint density at radius 2 is 2.12 bits per heavy atom. The maximum atomic E-state index is 11.7. The monoisotopic (exact) mass is 237 g/mol. The third-order valence-corrected chi connectivity index (χ3v) is 2.16. The lowest BCUT2D eigenvalue weighted by Crippen LogP contribution is -2.28. The number of nitrogens with two attached hydrogens (primary N) is 2. The molecule has 0 aliphatic carbocycles. The number of benzene rings is 1. The summed E-state index contributed by atoms with van der Waals surface area (Å²) in [6.07, 6.45) is 0.0990. The number of primary amides is 1. The molecular weight excluding hydrogens is 222 g/mol.